The number of rotatable bonds is 2. The van der Waals surface area contributed by atoms with E-state index in [9.17, 15) is 8.42 Å². The van der Waals surface area contributed by atoms with Crippen molar-refractivity contribution < 1.29 is 13.0 Å². The summed E-state index contributed by atoms with van der Waals surface area (Å²) in [5, 5.41) is 0. The number of hydrogen-bond donors (Lipinski definition) is 1. The first-order valence-corrected chi connectivity index (χ1v) is 4.38. The molecule has 6 heteroatoms. The van der Waals surface area contributed by atoms with Gasteiger partial charge in [0.1, 0.15) is 12.1 Å². The molecule has 0 radical (unpaired) electrons. The van der Waals surface area contributed by atoms with E-state index in [1.54, 1.807) is 0 Å². The minimum atomic E-state index is -3.96. The molecule has 0 bridgehead atoms. The SMILES string of the molecule is O=S(=O)(O)Cc1cncnc1. The predicted molar refractivity (Wildman–Crippen MR) is 37.3 cm³/mol. The third-order valence-electron chi connectivity index (χ3n) is 0.963. The van der Waals surface area contributed by atoms with E-state index in [-0.39, 0.29) is 0 Å². The van der Waals surface area contributed by atoms with Gasteiger partial charge in [-0.2, -0.15) is 8.42 Å². The highest BCUT2D eigenvalue weighted by molar-refractivity contribution is 7.85. The summed E-state index contributed by atoms with van der Waals surface area (Å²) in [5.41, 5.74) is 0.370. The van der Waals surface area contributed by atoms with Crippen molar-refractivity contribution in [3.8, 4) is 0 Å². The number of aromatic nitrogens is 2. The summed E-state index contributed by atoms with van der Waals surface area (Å²) < 4.78 is 29.0. The molecular weight excluding hydrogens is 168 g/mol. The summed E-state index contributed by atoms with van der Waals surface area (Å²) >= 11 is 0. The summed E-state index contributed by atoms with van der Waals surface area (Å²) in [5.74, 6) is -0.437. The van der Waals surface area contributed by atoms with E-state index in [0.717, 1.165) is 0 Å². The Morgan fingerprint density at radius 2 is 1.91 bits per heavy atom. The maximum Gasteiger partial charge on any atom is 0.269 e. The van der Waals surface area contributed by atoms with Crippen LogP contribution in [0.15, 0.2) is 18.7 Å². The molecule has 60 valence electrons. The van der Waals surface area contributed by atoms with Gasteiger partial charge in [0.2, 0.25) is 0 Å². The Labute approximate surface area is 63.9 Å². The van der Waals surface area contributed by atoms with Crippen molar-refractivity contribution in [3.05, 3.63) is 24.3 Å². The molecule has 0 spiro atoms. The second-order valence-corrected chi connectivity index (χ2v) is 3.43. The number of nitrogens with zero attached hydrogens (tertiary/aromatic N) is 2. The molecule has 1 rings (SSSR count). The lowest BCUT2D eigenvalue weighted by molar-refractivity contribution is 0.482. The minimum Gasteiger partial charge on any atom is -0.285 e. The van der Waals surface area contributed by atoms with E-state index in [0.29, 0.717) is 5.56 Å². The summed E-state index contributed by atoms with van der Waals surface area (Å²) in [7, 11) is -3.96. The van der Waals surface area contributed by atoms with Crippen molar-refractivity contribution in [1.29, 1.82) is 0 Å². The first-order valence-electron chi connectivity index (χ1n) is 2.77. The minimum absolute atomic E-state index is 0.370. The molecule has 1 aromatic heterocycles. The third-order valence-corrected chi connectivity index (χ3v) is 1.66. The maximum absolute atomic E-state index is 10.3. The molecule has 5 nitrogen and oxygen atoms in total. The molecule has 0 aliphatic carbocycles. The molecule has 0 amide bonds. The second kappa shape index (κ2) is 2.93. The fourth-order valence-electron chi connectivity index (χ4n) is 0.615. The van der Waals surface area contributed by atoms with Crippen LogP contribution in [0.4, 0.5) is 0 Å². The van der Waals surface area contributed by atoms with Gasteiger partial charge < -0.3 is 0 Å². The van der Waals surface area contributed by atoms with Crippen LogP contribution in [0.1, 0.15) is 5.56 Å². The molecule has 0 unspecified atom stereocenters. The molecule has 1 aromatic rings. The molecule has 11 heavy (non-hydrogen) atoms. The third kappa shape index (κ3) is 3.06. The van der Waals surface area contributed by atoms with E-state index < -0.39 is 15.9 Å². The van der Waals surface area contributed by atoms with Crippen LogP contribution < -0.4 is 0 Å². The Morgan fingerprint density at radius 3 is 2.36 bits per heavy atom. The molecule has 0 saturated heterocycles. The van der Waals surface area contributed by atoms with Gasteiger partial charge in [0.25, 0.3) is 10.1 Å². The quantitative estimate of drug-likeness (QED) is 0.631. The van der Waals surface area contributed by atoms with Crippen molar-refractivity contribution in [1.82, 2.24) is 9.97 Å². The van der Waals surface area contributed by atoms with Crippen LogP contribution in [0.5, 0.6) is 0 Å². The molecule has 1 N–H and O–H groups in total. The Balaban J connectivity index is 2.82. The van der Waals surface area contributed by atoms with Crippen molar-refractivity contribution in [3.63, 3.8) is 0 Å². The maximum atomic E-state index is 10.3. The molecule has 0 fully saturated rings. The highest BCUT2D eigenvalue weighted by atomic mass is 32.2. The molecule has 0 saturated carbocycles. The van der Waals surface area contributed by atoms with Crippen LogP contribution in [0, 0.1) is 0 Å². The molecule has 1 heterocycles. The zero-order valence-electron chi connectivity index (χ0n) is 5.51. The standard InChI is InChI=1S/C5H6N2O3S/c8-11(9,10)3-5-1-6-4-7-2-5/h1-2,4H,3H2,(H,8,9,10). The average molecular weight is 174 g/mol. The van der Waals surface area contributed by atoms with Crippen molar-refractivity contribution in [2.45, 2.75) is 5.75 Å². The van der Waals surface area contributed by atoms with E-state index in [2.05, 4.69) is 9.97 Å². The Kier molecular flexibility index (Phi) is 2.16. The summed E-state index contributed by atoms with van der Waals surface area (Å²) in [4.78, 5) is 7.16. The van der Waals surface area contributed by atoms with Gasteiger partial charge in [-0.15, -0.1) is 0 Å². The first-order chi connectivity index (χ1) is 5.08. The van der Waals surface area contributed by atoms with Gasteiger partial charge in [-0.1, -0.05) is 0 Å². The van der Waals surface area contributed by atoms with Gasteiger partial charge in [-0.05, 0) is 0 Å². The van der Waals surface area contributed by atoms with Crippen LogP contribution in [-0.2, 0) is 15.9 Å². The summed E-state index contributed by atoms with van der Waals surface area (Å²) in [6.45, 7) is 0. The molecule has 0 aliphatic rings. The lowest BCUT2D eigenvalue weighted by Gasteiger charge is -1.93. The van der Waals surface area contributed by atoms with Crippen LogP contribution in [0.25, 0.3) is 0 Å². The van der Waals surface area contributed by atoms with E-state index in [1.165, 1.54) is 18.7 Å². The van der Waals surface area contributed by atoms with Gasteiger partial charge in [-0.3, -0.25) is 4.55 Å². The van der Waals surface area contributed by atoms with Gasteiger partial charge >= 0.3 is 0 Å². The zero-order valence-corrected chi connectivity index (χ0v) is 6.32. The lowest BCUT2D eigenvalue weighted by atomic mass is 10.4. The van der Waals surface area contributed by atoms with Gasteiger partial charge in [0.05, 0.1) is 0 Å². The first kappa shape index (κ1) is 8.09. The largest absolute Gasteiger partial charge is 0.285 e. The second-order valence-electron chi connectivity index (χ2n) is 1.97. The highest BCUT2D eigenvalue weighted by Crippen LogP contribution is 1.98. The lowest BCUT2D eigenvalue weighted by Crippen LogP contribution is -2.01. The van der Waals surface area contributed by atoms with Crippen molar-refractivity contribution in [2.75, 3.05) is 0 Å². The number of hydrogen-bond acceptors (Lipinski definition) is 4. The average Bonchev–Trinajstić information content (AvgIpc) is 1.85. The Bertz CT molecular complexity index is 321. The van der Waals surface area contributed by atoms with Crippen LogP contribution in [0.2, 0.25) is 0 Å². The molecule has 0 aromatic carbocycles. The zero-order chi connectivity index (χ0) is 8.32. The van der Waals surface area contributed by atoms with Crippen LogP contribution in [0.3, 0.4) is 0 Å². The smallest absolute Gasteiger partial charge is 0.269 e. The van der Waals surface area contributed by atoms with E-state index in [1.807, 2.05) is 0 Å². The monoisotopic (exact) mass is 174 g/mol. The molecule has 0 atom stereocenters. The summed E-state index contributed by atoms with van der Waals surface area (Å²) in [6.07, 6.45) is 3.95. The fraction of sp³-hybridized carbons (Fsp3) is 0.200. The van der Waals surface area contributed by atoms with E-state index in [4.69, 9.17) is 4.55 Å². The van der Waals surface area contributed by atoms with Crippen molar-refractivity contribution in [2.24, 2.45) is 0 Å². The van der Waals surface area contributed by atoms with Crippen LogP contribution in [-0.4, -0.2) is 22.9 Å². The fourth-order valence-corrected chi connectivity index (χ4v) is 1.19. The predicted octanol–water partition coefficient (Wildman–Crippen LogP) is -0.136. The topological polar surface area (TPSA) is 80.2 Å². The summed E-state index contributed by atoms with van der Waals surface area (Å²) in [6, 6.07) is 0. The Hall–Kier alpha value is -1.01. The molecule has 0 aliphatic heterocycles. The Morgan fingerprint density at radius 1 is 1.36 bits per heavy atom. The van der Waals surface area contributed by atoms with Gasteiger partial charge in [-0.25, -0.2) is 9.97 Å². The van der Waals surface area contributed by atoms with Gasteiger partial charge in [0, 0.05) is 18.0 Å². The normalized spacial score (nSPS) is 11.4. The highest BCUT2D eigenvalue weighted by Gasteiger charge is 2.05. The van der Waals surface area contributed by atoms with Gasteiger partial charge in [0.15, 0.2) is 0 Å². The van der Waals surface area contributed by atoms with E-state index >= 15 is 0 Å². The van der Waals surface area contributed by atoms with Crippen molar-refractivity contribution >= 4 is 10.1 Å². The molecular formula is C5H6N2O3S. The van der Waals surface area contributed by atoms with Crippen LogP contribution >= 0.6 is 0 Å².